The first kappa shape index (κ1) is 32.2. The van der Waals surface area contributed by atoms with Crippen molar-refractivity contribution in [2.24, 2.45) is 0 Å². The first-order chi connectivity index (χ1) is 17.5. The van der Waals surface area contributed by atoms with Crippen molar-refractivity contribution >= 4 is 17.6 Å². The number of hydrogen-bond acceptors (Lipinski definition) is 2. The summed E-state index contributed by atoms with van der Waals surface area (Å²) in [7, 11) is 0. The molecule has 0 aliphatic carbocycles. The van der Waals surface area contributed by atoms with E-state index in [1.165, 1.54) is 128 Å². The molecule has 206 valence electrons. The third-order valence-corrected chi connectivity index (χ3v) is 7.25. The number of nitrogens with one attached hydrogen (secondary N) is 1. The maximum Gasteiger partial charge on any atom is 0.335 e. The Labute approximate surface area is 222 Å². The summed E-state index contributed by atoms with van der Waals surface area (Å²) >= 11 is 0. The fourth-order valence-corrected chi connectivity index (χ4v) is 4.87. The number of carboxylic acids is 1. The minimum Gasteiger partial charge on any atom is -0.478 e. The standard InChI is InChI=1S/C32H55NO3/c1-3-4-5-6-7-8-9-10-11-12-13-14-15-16-17-18-19-20-21-22-23-24-31(34)33-30-26-25-29(32(35)36)27-28(30)2/h25-27H,3-24H2,1-2H3,(H,33,34)(H,35,36). The molecule has 0 atom stereocenters. The van der Waals surface area contributed by atoms with E-state index in [0.717, 1.165) is 18.4 Å². The second kappa shape index (κ2) is 22.4. The highest BCUT2D eigenvalue weighted by Gasteiger charge is 2.08. The molecule has 0 spiro atoms. The molecule has 0 radical (unpaired) electrons. The molecule has 0 saturated carbocycles. The maximum absolute atomic E-state index is 12.2. The molecule has 4 nitrogen and oxygen atoms in total. The van der Waals surface area contributed by atoms with E-state index in [9.17, 15) is 9.59 Å². The lowest BCUT2D eigenvalue weighted by atomic mass is 10.0. The van der Waals surface area contributed by atoms with Gasteiger partial charge in [-0.1, -0.05) is 135 Å². The monoisotopic (exact) mass is 501 g/mol. The molecule has 0 unspecified atom stereocenters. The average Bonchev–Trinajstić information content (AvgIpc) is 2.86. The van der Waals surface area contributed by atoms with Gasteiger partial charge in [0.1, 0.15) is 0 Å². The summed E-state index contributed by atoms with van der Waals surface area (Å²) in [5, 5.41) is 11.9. The number of carbonyl (C=O) groups is 2. The molecule has 0 aromatic heterocycles. The maximum atomic E-state index is 12.2. The van der Waals surface area contributed by atoms with Crippen LogP contribution < -0.4 is 5.32 Å². The Morgan fingerprint density at radius 3 is 1.39 bits per heavy atom. The highest BCUT2D eigenvalue weighted by atomic mass is 16.4. The smallest absolute Gasteiger partial charge is 0.335 e. The molecule has 1 aromatic carbocycles. The topological polar surface area (TPSA) is 66.4 Å². The van der Waals surface area contributed by atoms with Gasteiger partial charge in [-0.25, -0.2) is 4.79 Å². The van der Waals surface area contributed by atoms with E-state index in [2.05, 4.69) is 12.2 Å². The molecular weight excluding hydrogens is 446 g/mol. The lowest BCUT2D eigenvalue weighted by Gasteiger charge is -2.09. The molecule has 0 heterocycles. The third kappa shape index (κ3) is 17.6. The lowest BCUT2D eigenvalue weighted by molar-refractivity contribution is -0.116. The van der Waals surface area contributed by atoms with E-state index in [-0.39, 0.29) is 11.5 Å². The SMILES string of the molecule is CCCCCCCCCCCCCCCCCCCCCCCC(=O)Nc1ccc(C(=O)O)cc1C. The van der Waals surface area contributed by atoms with Crippen LogP contribution in [-0.4, -0.2) is 17.0 Å². The van der Waals surface area contributed by atoms with Crippen LogP contribution in [-0.2, 0) is 4.79 Å². The number of aromatic carboxylic acids is 1. The van der Waals surface area contributed by atoms with Crippen molar-refractivity contribution in [2.75, 3.05) is 5.32 Å². The number of aryl methyl sites for hydroxylation is 1. The summed E-state index contributed by atoms with van der Waals surface area (Å²) in [5.41, 5.74) is 1.73. The first-order valence-corrected chi connectivity index (χ1v) is 15.2. The number of carbonyl (C=O) groups excluding carboxylic acids is 1. The molecule has 36 heavy (non-hydrogen) atoms. The van der Waals surface area contributed by atoms with Gasteiger partial charge in [-0.3, -0.25) is 4.79 Å². The van der Waals surface area contributed by atoms with Gasteiger partial charge in [-0.15, -0.1) is 0 Å². The van der Waals surface area contributed by atoms with E-state index in [1.54, 1.807) is 12.1 Å². The fraction of sp³-hybridized carbons (Fsp3) is 0.750. The highest BCUT2D eigenvalue weighted by molar-refractivity contribution is 5.93. The minimum absolute atomic E-state index is 0.0129. The van der Waals surface area contributed by atoms with Crippen LogP contribution in [0, 0.1) is 6.92 Å². The molecule has 2 N–H and O–H groups in total. The second-order valence-electron chi connectivity index (χ2n) is 10.7. The Hall–Kier alpha value is -1.84. The zero-order valence-corrected chi connectivity index (χ0v) is 23.6. The molecule has 0 bridgehead atoms. The molecule has 1 aromatic rings. The van der Waals surface area contributed by atoms with Crippen molar-refractivity contribution in [3.8, 4) is 0 Å². The second-order valence-corrected chi connectivity index (χ2v) is 10.7. The number of benzene rings is 1. The Morgan fingerprint density at radius 1 is 0.639 bits per heavy atom. The van der Waals surface area contributed by atoms with Crippen LogP contribution in [0.5, 0.6) is 0 Å². The molecule has 0 aliphatic rings. The molecule has 1 rings (SSSR count). The summed E-state index contributed by atoms with van der Waals surface area (Å²) in [6.07, 6.45) is 29.0. The van der Waals surface area contributed by atoms with Gasteiger partial charge in [0.05, 0.1) is 5.56 Å². The molecule has 0 fully saturated rings. The third-order valence-electron chi connectivity index (χ3n) is 7.25. The van der Waals surface area contributed by atoms with Crippen LogP contribution in [0.15, 0.2) is 18.2 Å². The predicted molar refractivity (Wildman–Crippen MR) is 154 cm³/mol. The van der Waals surface area contributed by atoms with Crippen LogP contribution in [0.25, 0.3) is 0 Å². The Bertz CT molecular complexity index is 701. The number of unbranched alkanes of at least 4 members (excludes halogenated alkanes) is 20. The zero-order chi connectivity index (χ0) is 26.3. The van der Waals surface area contributed by atoms with Crippen molar-refractivity contribution in [3.05, 3.63) is 29.3 Å². The normalized spacial score (nSPS) is 11.1. The number of rotatable bonds is 24. The van der Waals surface area contributed by atoms with Gasteiger partial charge in [0.15, 0.2) is 0 Å². The summed E-state index contributed by atoms with van der Waals surface area (Å²) in [6, 6.07) is 4.80. The van der Waals surface area contributed by atoms with Crippen molar-refractivity contribution in [1.82, 2.24) is 0 Å². The minimum atomic E-state index is -0.949. The Kier molecular flexibility index (Phi) is 20.0. The molecule has 0 saturated heterocycles. The van der Waals surface area contributed by atoms with Crippen molar-refractivity contribution < 1.29 is 14.7 Å². The molecule has 1 amide bonds. The van der Waals surface area contributed by atoms with Crippen LogP contribution in [0.4, 0.5) is 5.69 Å². The highest BCUT2D eigenvalue weighted by Crippen LogP contribution is 2.18. The number of anilines is 1. The predicted octanol–water partition coefficient (Wildman–Crippen LogP) is 10.2. The van der Waals surface area contributed by atoms with Crippen molar-refractivity contribution in [1.29, 1.82) is 0 Å². The van der Waals surface area contributed by atoms with E-state index in [0.29, 0.717) is 12.1 Å². The van der Waals surface area contributed by atoms with Crippen LogP contribution in [0.2, 0.25) is 0 Å². The van der Waals surface area contributed by atoms with Gasteiger partial charge in [0, 0.05) is 12.1 Å². The fourth-order valence-electron chi connectivity index (χ4n) is 4.87. The van der Waals surface area contributed by atoms with Crippen LogP contribution >= 0.6 is 0 Å². The van der Waals surface area contributed by atoms with E-state index < -0.39 is 5.97 Å². The summed E-state index contributed by atoms with van der Waals surface area (Å²) in [4.78, 5) is 23.2. The number of hydrogen-bond donors (Lipinski definition) is 2. The molecule has 4 heteroatoms. The van der Waals surface area contributed by atoms with Crippen LogP contribution in [0.1, 0.15) is 164 Å². The average molecular weight is 502 g/mol. The van der Waals surface area contributed by atoms with Gasteiger partial charge in [0.25, 0.3) is 0 Å². The van der Waals surface area contributed by atoms with E-state index in [4.69, 9.17) is 5.11 Å². The van der Waals surface area contributed by atoms with E-state index in [1.807, 2.05) is 6.92 Å². The zero-order valence-electron chi connectivity index (χ0n) is 23.6. The lowest BCUT2D eigenvalue weighted by Crippen LogP contribution is -2.12. The molecular formula is C32H55NO3. The number of amides is 1. The Balaban J connectivity index is 1.82. The van der Waals surface area contributed by atoms with Crippen molar-refractivity contribution in [2.45, 2.75) is 155 Å². The van der Waals surface area contributed by atoms with Gasteiger partial charge in [-0.2, -0.15) is 0 Å². The first-order valence-electron chi connectivity index (χ1n) is 15.2. The van der Waals surface area contributed by atoms with E-state index >= 15 is 0 Å². The van der Waals surface area contributed by atoms with Gasteiger partial charge in [0.2, 0.25) is 5.91 Å². The Morgan fingerprint density at radius 2 is 1.03 bits per heavy atom. The quantitative estimate of drug-likeness (QED) is 0.138. The summed E-state index contributed by atoms with van der Waals surface area (Å²) < 4.78 is 0. The van der Waals surface area contributed by atoms with Gasteiger partial charge >= 0.3 is 5.97 Å². The van der Waals surface area contributed by atoms with Crippen LogP contribution in [0.3, 0.4) is 0 Å². The summed E-state index contributed by atoms with van der Waals surface area (Å²) in [5.74, 6) is -0.936. The molecule has 0 aliphatic heterocycles. The van der Waals surface area contributed by atoms with Gasteiger partial charge < -0.3 is 10.4 Å². The largest absolute Gasteiger partial charge is 0.478 e. The number of carboxylic acid groups (broad SMARTS) is 1. The summed E-state index contributed by atoms with van der Waals surface area (Å²) in [6.45, 7) is 4.11. The van der Waals surface area contributed by atoms with Gasteiger partial charge in [-0.05, 0) is 37.1 Å². The van der Waals surface area contributed by atoms with Crippen molar-refractivity contribution in [3.63, 3.8) is 0 Å².